The molecule has 4 aromatic rings. The van der Waals surface area contributed by atoms with E-state index < -0.39 is 17.8 Å². The number of nitrogens with zero attached hydrogens (tertiary/aromatic N) is 3. The van der Waals surface area contributed by atoms with Gasteiger partial charge in [-0.05, 0) is 66.9 Å². The molecule has 0 radical (unpaired) electrons. The first kappa shape index (κ1) is 26.6. The van der Waals surface area contributed by atoms with Crippen molar-refractivity contribution in [2.45, 2.75) is 37.5 Å². The van der Waals surface area contributed by atoms with Crippen LogP contribution in [-0.4, -0.2) is 20.8 Å². The zero-order valence-corrected chi connectivity index (χ0v) is 21.5. The molecule has 2 amide bonds. The first-order chi connectivity index (χ1) is 17.6. The molecule has 37 heavy (non-hydrogen) atoms. The lowest BCUT2D eigenvalue weighted by molar-refractivity contribution is -0.137. The fourth-order valence-corrected chi connectivity index (χ4v) is 4.77. The summed E-state index contributed by atoms with van der Waals surface area (Å²) in [4.78, 5) is 12.5. The van der Waals surface area contributed by atoms with Crippen molar-refractivity contribution in [3.05, 3.63) is 99.8 Å². The highest BCUT2D eigenvalue weighted by Crippen LogP contribution is 2.30. The average Bonchev–Trinajstić information content (AvgIpc) is 3.26. The van der Waals surface area contributed by atoms with Gasteiger partial charge in [0.25, 0.3) is 0 Å². The molecule has 192 valence electrons. The van der Waals surface area contributed by atoms with E-state index in [1.54, 1.807) is 6.07 Å². The molecule has 0 atom stereocenters. The van der Waals surface area contributed by atoms with Crippen molar-refractivity contribution < 1.29 is 18.0 Å². The van der Waals surface area contributed by atoms with Crippen LogP contribution in [0, 0.1) is 13.8 Å². The second kappa shape index (κ2) is 11.3. The SMILES string of the molecule is Cc1ccccc1CSc1nnc(CNC(=O)Nc2ccc(C(F)(F)F)cc2)n1-c1cc(Cl)ccc1C. The number of benzene rings is 3. The highest BCUT2D eigenvalue weighted by atomic mass is 35.5. The quantitative estimate of drug-likeness (QED) is 0.241. The molecule has 2 N–H and O–H groups in total. The molecule has 4 rings (SSSR count). The van der Waals surface area contributed by atoms with Crippen LogP contribution < -0.4 is 10.6 Å². The van der Waals surface area contributed by atoms with Crippen LogP contribution in [0.1, 0.15) is 28.1 Å². The van der Waals surface area contributed by atoms with Gasteiger partial charge >= 0.3 is 12.2 Å². The van der Waals surface area contributed by atoms with Gasteiger partial charge in [0, 0.05) is 16.5 Å². The number of carbonyl (C=O) groups is 1. The van der Waals surface area contributed by atoms with E-state index in [-0.39, 0.29) is 12.2 Å². The fourth-order valence-electron chi connectivity index (χ4n) is 3.57. The van der Waals surface area contributed by atoms with Crippen LogP contribution in [0.3, 0.4) is 0 Å². The number of anilines is 1. The van der Waals surface area contributed by atoms with E-state index in [2.05, 4.69) is 26.9 Å². The molecule has 0 fully saturated rings. The van der Waals surface area contributed by atoms with E-state index in [1.807, 2.05) is 48.7 Å². The van der Waals surface area contributed by atoms with Crippen molar-refractivity contribution in [2.75, 3.05) is 5.32 Å². The Hall–Kier alpha value is -3.50. The summed E-state index contributed by atoms with van der Waals surface area (Å²) >= 11 is 7.79. The van der Waals surface area contributed by atoms with Crippen LogP contribution in [0.25, 0.3) is 5.69 Å². The predicted octanol–water partition coefficient (Wildman–Crippen LogP) is 7.17. The van der Waals surface area contributed by atoms with E-state index in [9.17, 15) is 18.0 Å². The number of aromatic nitrogens is 3. The number of aryl methyl sites for hydroxylation is 2. The topological polar surface area (TPSA) is 71.8 Å². The Balaban J connectivity index is 1.52. The molecule has 0 saturated carbocycles. The molecule has 0 unspecified atom stereocenters. The zero-order chi connectivity index (χ0) is 26.6. The summed E-state index contributed by atoms with van der Waals surface area (Å²) in [5, 5.41) is 15.1. The molecular weight excluding hydrogens is 523 g/mol. The smallest absolute Gasteiger partial charge is 0.331 e. The summed E-state index contributed by atoms with van der Waals surface area (Å²) in [6, 6.07) is 17.2. The van der Waals surface area contributed by atoms with E-state index in [1.165, 1.54) is 35.0 Å². The van der Waals surface area contributed by atoms with Crippen molar-refractivity contribution in [3.8, 4) is 5.69 Å². The van der Waals surface area contributed by atoms with Gasteiger partial charge in [-0.2, -0.15) is 13.2 Å². The molecule has 11 heteroatoms. The minimum atomic E-state index is -4.45. The molecule has 0 spiro atoms. The van der Waals surface area contributed by atoms with Crippen LogP contribution in [0.5, 0.6) is 0 Å². The van der Waals surface area contributed by atoms with E-state index >= 15 is 0 Å². The Labute approximate surface area is 221 Å². The highest BCUT2D eigenvalue weighted by Gasteiger charge is 2.30. The minimum Gasteiger partial charge on any atom is -0.331 e. The first-order valence-corrected chi connectivity index (χ1v) is 12.6. The summed E-state index contributed by atoms with van der Waals surface area (Å²) in [6.45, 7) is 4.01. The maximum atomic E-state index is 12.8. The summed E-state index contributed by atoms with van der Waals surface area (Å²) in [5.74, 6) is 1.15. The third-order valence-electron chi connectivity index (χ3n) is 5.61. The Kier molecular flexibility index (Phi) is 8.09. The lowest BCUT2D eigenvalue weighted by Crippen LogP contribution is -2.29. The summed E-state index contributed by atoms with van der Waals surface area (Å²) < 4.78 is 40.2. The Morgan fingerprint density at radius 3 is 2.43 bits per heavy atom. The molecule has 6 nitrogen and oxygen atoms in total. The Morgan fingerprint density at radius 2 is 1.73 bits per heavy atom. The maximum absolute atomic E-state index is 12.8. The number of halogens is 4. The van der Waals surface area contributed by atoms with Crippen molar-refractivity contribution >= 4 is 35.1 Å². The summed E-state index contributed by atoms with van der Waals surface area (Å²) in [6.07, 6.45) is -4.45. The van der Waals surface area contributed by atoms with Gasteiger partial charge in [-0.3, -0.25) is 4.57 Å². The standard InChI is InChI=1S/C26H23ClF3N5OS/c1-16-5-3-4-6-18(16)15-37-25-34-33-23(35(25)22-13-20(27)10-7-17(22)2)14-31-24(36)32-21-11-8-19(9-12-21)26(28,29)30/h3-13H,14-15H2,1-2H3,(H2,31,32,36). The largest absolute Gasteiger partial charge is 0.416 e. The van der Waals surface area contributed by atoms with Crippen molar-refractivity contribution in [1.29, 1.82) is 0 Å². The monoisotopic (exact) mass is 545 g/mol. The molecule has 0 aliphatic heterocycles. The van der Waals surface area contributed by atoms with Gasteiger partial charge in [-0.25, -0.2) is 4.79 Å². The summed E-state index contributed by atoms with van der Waals surface area (Å²) in [7, 11) is 0. The van der Waals surface area contributed by atoms with Crippen LogP contribution >= 0.6 is 23.4 Å². The number of carbonyl (C=O) groups excluding carboxylic acids is 1. The number of hydrogen-bond donors (Lipinski definition) is 2. The van der Waals surface area contributed by atoms with E-state index in [0.717, 1.165) is 23.4 Å². The first-order valence-electron chi connectivity index (χ1n) is 11.2. The van der Waals surface area contributed by atoms with Gasteiger partial charge in [0.15, 0.2) is 11.0 Å². The normalized spacial score (nSPS) is 11.4. The highest BCUT2D eigenvalue weighted by molar-refractivity contribution is 7.98. The number of urea groups is 1. The lowest BCUT2D eigenvalue weighted by Gasteiger charge is -2.14. The predicted molar refractivity (Wildman–Crippen MR) is 139 cm³/mol. The molecule has 0 aliphatic rings. The molecule has 0 saturated heterocycles. The molecular formula is C26H23ClF3N5OS. The van der Waals surface area contributed by atoms with Gasteiger partial charge in [0.2, 0.25) is 0 Å². The van der Waals surface area contributed by atoms with E-state index in [4.69, 9.17) is 11.6 Å². The molecule has 3 aromatic carbocycles. The number of hydrogen-bond acceptors (Lipinski definition) is 4. The van der Waals surface area contributed by atoms with Crippen LogP contribution in [0.2, 0.25) is 5.02 Å². The van der Waals surface area contributed by atoms with Gasteiger partial charge in [-0.15, -0.1) is 10.2 Å². The second-order valence-corrected chi connectivity index (χ2v) is 9.64. The summed E-state index contributed by atoms with van der Waals surface area (Å²) in [5.41, 5.74) is 3.50. The number of thioether (sulfide) groups is 1. The van der Waals surface area contributed by atoms with Crippen molar-refractivity contribution in [2.24, 2.45) is 0 Å². The van der Waals surface area contributed by atoms with Crippen molar-refractivity contribution in [1.82, 2.24) is 20.1 Å². The molecule has 1 aromatic heterocycles. The Bertz CT molecular complexity index is 1410. The molecule has 0 aliphatic carbocycles. The Morgan fingerprint density at radius 1 is 1.00 bits per heavy atom. The van der Waals surface area contributed by atoms with Gasteiger partial charge in [0.05, 0.1) is 17.8 Å². The van der Waals surface area contributed by atoms with Crippen LogP contribution in [0.15, 0.2) is 71.9 Å². The zero-order valence-electron chi connectivity index (χ0n) is 19.9. The number of alkyl halides is 3. The average molecular weight is 546 g/mol. The second-order valence-electron chi connectivity index (χ2n) is 8.26. The molecule has 0 bridgehead atoms. The third-order valence-corrected chi connectivity index (χ3v) is 6.82. The fraction of sp³-hybridized carbons (Fsp3) is 0.192. The number of amides is 2. The van der Waals surface area contributed by atoms with Crippen LogP contribution in [0.4, 0.5) is 23.7 Å². The number of nitrogens with one attached hydrogen (secondary N) is 2. The van der Waals surface area contributed by atoms with Crippen LogP contribution in [-0.2, 0) is 18.5 Å². The number of rotatable bonds is 7. The minimum absolute atomic E-state index is 0.0242. The van der Waals surface area contributed by atoms with Gasteiger partial charge in [0.1, 0.15) is 0 Å². The lowest BCUT2D eigenvalue weighted by atomic mass is 10.1. The van der Waals surface area contributed by atoms with Gasteiger partial charge in [-0.1, -0.05) is 53.7 Å². The van der Waals surface area contributed by atoms with E-state index in [0.29, 0.717) is 21.8 Å². The molecule has 1 heterocycles. The van der Waals surface area contributed by atoms with Crippen molar-refractivity contribution in [3.63, 3.8) is 0 Å². The van der Waals surface area contributed by atoms with Gasteiger partial charge < -0.3 is 10.6 Å². The maximum Gasteiger partial charge on any atom is 0.416 e. The third kappa shape index (κ3) is 6.64.